The van der Waals surface area contributed by atoms with E-state index in [2.05, 4.69) is 10.6 Å². The van der Waals surface area contributed by atoms with Crippen LogP contribution in [-0.2, 0) is 33.4 Å². The molecule has 1 aliphatic heterocycles. The van der Waals surface area contributed by atoms with E-state index in [-0.39, 0.29) is 17.7 Å². The maximum absolute atomic E-state index is 13.1. The molecule has 2 amide bonds. The SMILES string of the molecule is CCCC[C@@H]1C(=O)O[C@H](C)[C@H](NC(=O)c2cccc(NC=O)c2O)C(=O)O[C@@H](C)[C@@H]1OC(=O)CCC. The van der Waals surface area contributed by atoms with Crippen LogP contribution in [0.25, 0.3) is 0 Å². The van der Waals surface area contributed by atoms with Crippen molar-refractivity contribution in [3.8, 4) is 5.75 Å². The summed E-state index contributed by atoms with van der Waals surface area (Å²) in [6, 6.07) is 2.70. The molecule has 0 aliphatic carbocycles. The molecule has 198 valence electrons. The van der Waals surface area contributed by atoms with E-state index in [4.69, 9.17) is 14.2 Å². The minimum absolute atomic E-state index is 0.00158. The molecule has 0 aromatic heterocycles. The minimum atomic E-state index is -1.41. The Labute approximate surface area is 209 Å². The normalized spacial score (nSPS) is 24.3. The number of esters is 3. The summed E-state index contributed by atoms with van der Waals surface area (Å²) in [5.74, 6) is -4.30. The van der Waals surface area contributed by atoms with Crippen LogP contribution in [0.4, 0.5) is 5.69 Å². The maximum atomic E-state index is 13.1. The average Bonchev–Trinajstić information content (AvgIpc) is 2.85. The van der Waals surface area contributed by atoms with Gasteiger partial charge in [0.25, 0.3) is 5.91 Å². The number of para-hydroxylation sites is 1. The van der Waals surface area contributed by atoms with Crippen LogP contribution in [0.3, 0.4) is 0 Å². The second-order valence-electron chi connectivity index (χ2n) is 8.65. The number of phenolic OH excluding ortho intramolecular Hbond substituents is 1. The third kappa shape index (κ3) is 7.19. The second-order valence-corrected chi connectivity index (χ2v) is 8.65. The zero-order valence-corrected chi connectivity index (χ0v) is 20.9. The number of unbranched alkanes of at least 4 members (excludes halogenated alkanes) is 1. The molecule has 1 saturated heterocycles. The molecular formula is C25H34N2O9. The van der Waals surface area contributed by atoms with Crippen LogP contribution in [0.2, 0.25) is 0 Å². The van der Waals surface area contributed by atoms with Crippen molar-refractivity contribution in [1.82, 2.24) is 5.32 Å². The molecule has 1 heterocycles. The van der Waals surface area contributed by atoms with Crippen molar-refractivity contribution in [2.24, 2.45) is 5.92 Å². The molecule has 36 heavy (non-hydrogen) atoms. The molecule has 0 bridgehead atoms. The lowest BCUT2D eigenvalue weighted by molar-refractivity contribution is -0.175. The molecule has 11 heteroatoms. The van der Waals surface area contributed by atoms with Gasteiger partial charge in [0, 0.05) is 6.42 Å². The van der Waals surface area contributed by atoms with Crippen molar-refractivity contribution >= 4 is 35.9 Å². The molecule has 1 aromatic carbocycles. The topological polar surface area (TPSA) is 157 Å². The maximum Gasteiger partial charge on any atom is 0.332 e. The van der Waals surface area contributed by atoms with Gasteiger partial charge in [0.1, 0.15) is 12.2 Å². The van der Waals surface area contributed by atoms with Gasteiger partial charge in [0.05, 0.1) is 17.2 Å². The molecule has 0 unspecified atom stereocenters. The van der Waals surface area contributed by atoms with Crippen molar-refractivity contribution in [1.29, 1.82) is 0 Å². The van der Waals surface area contributed by atoms with Gasteiger partial charge >= 0.3 is 17.9 Å². The molecule has 0 radical (unpaired) electrons. The van der Waals surface area contributed by atoms with Crippen molar-refractivity contribution in [3.05, 3.63) is 23.8 Å². The Balaban J connectivity index is 2.34. The fraction of sp³-hybridized carbons (Fsp3) is 0.560. The summed E-state index contributed by atoms with van der Waals surface area (Å²) in [6.45, 7) is 6.71. The molecule has 0 spiro atoms. The van der Waals surface area contributed by atoms with Crippen LogP contribution in [0.5, 0.6) is 5.75 Å². The molecule has 1 aliphatic rings. The molecule has 3 N–H and O–H groups in total. The Morgan fingerprint density at radius 2 is 1.78 bits per heavy atom. The molecule has 5 atom stereocenters. The third-order valence-electron chi connectivity index (χ3n) is 5.86. The minimum Gasteiger partial charge on any atom is -0.505 e. The number of ether oxygens (including phenoxy) is 3. The van der Waals surface area contributed by atoms with E-state index in [1.807, 2.05) is 13.8 Å². The number of aromatic hydroxyl groups is 1. The number of anilines is 1. The van der Waals surface area contributed by atoms with Crippen LogP contribution in [-0.4, -0.2) is 59.7 Å². The Bertz CT molecular complexity index is 965. The number of hydrogen-bond acceptors (Lipinski definition) is 9. The van der Waals surface area contributed by atoms with Gasteiger partial charge in [-0.2, -0.15) is 0 Å². The Hall–Kier alpha value is -3.63. The summed E-state index contributed by atoms with van der Waals surface area (Å²) >= 11 is 0. The zero-order chi connectivity index (χ0) is 26.8. The summed E-state index contributed by atoms with van der Waals surface area (Å²) < 4.78 is 16.7. The van der Waals surface area contributed by atoms with Crippen LogP contribution in [0.15, 0.2) is 18.2 Å². The lowest BCUT2D eigenvalue weighted by atomic mass is 9.92. The highest BCUT2D eigenvalue weighted by Crippen LogP contribution is 2.28. The van der Waals surface area contributed by atoms with Crippen LogP contribution in [0.1, 0.15) is 70.2 Å². The van der Waals surface area contributed by atoms with E-state index in [0.29, 0.717) is 25.7 Å². The Kier molecular flexibility index (Phi) is 10.7. The number of benzene rings is 1. The summed E-state index contributed by atoms with van der Waals surface area (Å²) in [4.78, 5) is 62.1. The Morgan fingerprint density at radius 3 is 2.42 bits per heavy atom. The number of carbonyl (C=O) groups excluding carboxylic acids is 5. The van der Waals surface area contributed by atoms with Gasteiger partial charge in [0.2, 0.25) is 6.41 Å². The van der Waals surface area contributed by atoms with Crippen molar-refractivity contribution in [2.75, 3.05) is 5.32 Å². The van der Waals surface area contributed by atoms with E-state index in [9.17, 15) is 29.1 Å². The molecule has 1 aromatic rings. The molecule has 1 fully saturated rings. The highest BCUT2D eigenvalue weighted by atomic mass is 16.6. The Morgan fingerprint density at radius 1 is 1.08 bits per heavy atom. The fourth-order valence-electron chi connectivity index (χ4n) is 3.92. The number of rotatable bonds is 10. The van der Waals surface area contributed by atoms with Crippen molar-refractivity contribution < 1.29 is 43.3 Å². The first-order chi connectivity index (χ1) is 17.1. The third-order valence-corrected chi connectivity index (χ3v) is 5.86. The lowest BCUT2D eigenvalue weighted by Gasteiger charge is -2.29. The molecule has 0 saturated carbocycles. The zero-order valence-electron chi connectivity index (χ0n) is 20.9. The van der Waals surface area contributed by atoms with Gasteiger partial charge in [-0.1, -0.05) is 32.8 Å². The predicted molar refractivity (Wildman–Crippen MR) is 128 cm³/mol. The van der Waals surface area contributed by atoms with E-state index in [0.717, 1.165) is 6.42 Å². The summed E-state index contributed by atoms with van der Waals surface area (Å²) in [7, 11) is 0. The summed E-state index contributed by atoms with van der Waals surface area (Å²) in [5.41, 5.74) is -0.216. The first kappa shape index (κ1) is 28.6. The smallest absolute Gasteiger partial charge is 0.332 e. The van der Waals surface area contributed by atoms with Crippen LogP contribution < -0.4 is 10.6 Å². The summed E-state index contributed by atoms with van der Waals surface area (Å²) in [5, 5.41) is 15.0. The van der Waals surface area contributed by atoms with Crippen molar-refractivity contribution in [2.45, 2.75) is 84.2 Å². The van der Waals surface area contributed by atoms with Crippen LogP contribution >= 0.6 is 0 Å². The number of cyclic esters (lactones) is 2. The fourth-order valence-corrected chi connectivity index (χ4v) is 3.92. The van der Waals surface area contributed by atoms with E-state index in [1.165, 1.54) is 32.0 Å². The second kappa shape index (κ2) is 13.5. The van der Waals surface area contributed by atoms with E-state index in [1.54, 1.807) is 0 Å². The first-order valence-electron chi connectivity index (χ1n) is 12.1. The quantitative estimate of drug-likeness (QED) is 0.188. The number of phenols is 1. The van der Waals surface area contributed by atoms with Gasteiger partial charge in [-0.25, -0.2) is 4.79 Å². The lowest BCUT2D eigenvalue weighted by Crippen LogP contribution is -2.50. The molecular weight excluding hydrogens is 472 g/mol. The van der Waals surface area contributed by atoms with Gasteiger partial charge in [-0.3, -0.25) is 19.2 Å². The molecule has 11 nitrogen and oxygen atoms in total. The number of nitrogens with one attached hydrogen (secondary N) is 2. The predicted octanol–water partition coefficient (Wildman–Crippen LogP) is 2.45. The van der Waals surface area contributed by atoms with Gasteiger partial charge in [0.15, 0.2) is 17.9 Å². The highest BCUT2D eigenvalue weighted by Gasteiger charge is 2.43. The van der Waals surface area contributed by atoms with E-state index >= 15 is 0 Å². The van der Waals surface area contributed by atoms with Crippen molar-refractivity contribution in [3.63, 3.8) is 0 Å². The van der Waals surface area contributed by atoms with Gasteiger partial charge in [-0.15, -0.1) is 0 Å². The van der Waals surface area contributed by atoms with Gasteiger partial charge in [-0.05, 0) is 38.8 Å². The largest absolute Gasteiger partial charge is 0.505 e. The van der Waals surface area contributed by atoms with Gasteiger partial charge < -0.3 is 30.0 Å². The summed E-state index contributed by atoms with van der Waals surface area (Å²) in [6.07, 6.45) is -0.355. The average molecular weight is 507 g/mol. The monoisotopic (exact) mass is 506 g/mol. The standard InChI is InChI=1S/C25H34N2O9/c1-5-7-10-17-22(36-19(29)9-6-2)15(4)35-25(33)20(14(3)34-24(17)32)27-23(31)16-11-8-12-18(21(16)30)26-13-28/h8,11-15,17,20,22,30H,5-7,9-10H2,1-4H3,(H,26,28)(H,27,31)/t14-,15+,17+,20+,22+/m1/s1. The van der Waals surface area contributed by atoms with Crippen LogP contribution in [0, 0.1) is 5.92 Å². The number of amides is 2. The van der Waals surface area contributed by atoms with E-state index < -0.39 is 59.8 Å². The number of carbonyl (C=O) groups is 5. The molecule has 2 rings (SSSR count). The highest BCUT2D eigenvalue weighted by molar-refractivity contribution is 6.01. The first-order valence-corrected chi connectivity index (χ1v) is 12.1. The number of hydrogen-bond donors (Lipinski definition) is 3.